The van der Waals surface area contributed by atoms with Gasteiger partial charge in [-0.25, -0.2) is 15.8 Å². The fourth-order valence-electron chi connectivity index (χ4n) is 1.50. The molecule has 0 amide bonds. The van der Waals surface area contributed by atoms with Crippen molar-refractivity contribution >= 4 is 51.1 Å². The average Bonchev–Trinajstić information content (AvgIpc) is 2.96. The van der Waals surface area contributed by atoms with Gasteiger partial charge in [-0.2, -0.15) is 11.3 Å². The van der Waals surface area contributed by atoms with Gasteiger partial charge in [-0.15, -0.1) is 23.7 Å². The van der Waals surface area contributed by atoms with Crippen molar-refractivity contribution < 1.29 is 0 Å². The van der Waals surface area contributed by atoms with Gasteiger partial charge in [0.2, 0.25) is 0 Å². The van der Waals surface area contributed by atoms with E-state index in [1.165, 1.54) is 16.8 Å². The Morgan fingerprint density at radius 3 is 2.88 bits per heavy atom. The van der Waals surface area contributed by atoms with Crippen molar-refractivity contribution in [2.45, 2.75) is 0 Å². The Hall–Kier alpha value is -1.21. The Labute approximate surface area is 112 Å². The Morgan fingerprint density at radius 1 is 1.29 bits per heavy atom. The SMILES string of the molecule is Cl.NNc1ncnc2cc(-c3ccsc3)sc12. The van der Waals surface area contributed by atoms with E-state index in [2.05, 4.69) is 38.3 Å². The zero-order chi connectivity index (χ0) is 11.0. The van der Waals surface area contributed by atoms with Crippen LogP contribution < -0.4 is 11.3 Å². The predicted molar refractivity (Wildman–Crippen MR) is 75.8 cm³/mol. The summed E-state index contributed by atoms with van der Waals surface area (Å²) in [6.07, 6.45) is 1.52. The first-order valence-electron chi connectivity index (χ1n) is 4.62. The van der Waals surface area contributed by atoms with Crippen LogP contribution in [0.1, 0.15) is 0 Å². The van der Waals surface area contributed by atoms with E-state index < -0.39 is 0 Å². The number of hydrogen-bond acceptors (Lipinski definition) is 6. The molecule has 0 radical (unpaired) electrons. The third kappa shape index (κ3) is 2.12. The smallest absolute Gasteiger partial charge is 0.161 e. The van der Waals surface area contributed by atoms with Crippen LogP contribution in [0, 0.1) is 0 Å². The predicted octanol–water partition coefficient (Wildman–Crippen LogP) is 3.13. The molecule has 3 heterocycles. The third-order valence-electron chi connectivity index (χ3n) is 2.25. The molecule has 0 saturated heterocycles. The van der Waals surface area contributed by atoms with Crippen LogP contribution in [-0.2, 0) is 0 Å². The number of nitrogens with zero attached hydrogens (tertiary/aromatic N) is 2. The van der Waals surface area contributed by atoms with Crippen LogP contribution in [-0.4, -0.2) is 9.97 Å². The van der Waals surface area contributed by atoms with Gasteiger partial charge in [0, 0.05) is 10.4 Å². The van der Waals surface area contributed by atoms with E-state index in [1.807, 2.05) is 0 Å². The Kier molecular flexibility index (Phi) is 3.58. The summed E-state index contributed by atoms with van der Waals surface area (Å²) in [6.45, 7) is 0. The third-order valence-corrected chi connectivity index (χ3v) is 4.12. The first-order valence-corrected chi connectivity index (χ1v) is 6.38. The Balaban J connectivity index is 0.00000108. The number of hydrogen-bond donors (Lipinski definition) is 2. The van der Waals surface area contributed by atoms with Crippen LogP contribution in [0.15, 0.2) is 29.2 Å². The monoisotopic (exact) mass is 284 g/mol. The summed E-state index contributed by atoms with van der Waals surface area (Å²) in [5.41, 5.74) is 4.73. The van der Waals surface area contributed by atoms with Gasteiger partial charge in [0.1, 0.15) is 6.33 Å². The largest absolute Gasteiger partial charge is 0.307 e. The lowest BCUT2D eigenvalue weighted by atomic mass is 10.3. The minimum Gasteiger partial charge on any atom is -0.307 e. The van der Waals surface area contributed by atoms with Gasteiger partial charge in [-0.3, -0.25) is 0 Å². The van der Waals surface area contributed by atoms with E-state index in [0.29, 0.717) is 5.82 Å². The minimum atomic E-state index is 0. The molecule has 7 heteroatoms. The highest BCUT2D eigenvalue weighted by Crippen LogP contribution is 2.35. The molecule has 0 atom stereocenters. The molecule has 0 aliphatic heterocycles. The zero-order valence-electron chi connectivity index (χ0n) is 8.58. The van der Waals surface area contributed by atoms with Crippen molar-refractivity contribution in [1.29, 1.82) is 0 Å². The molecule has 0 saturated carbocycles. The number of aromatic nitrogens is 2. The van der Waals surface area contributed by atoms with E-state index in [1.54, 1.807) is 22.7 Å². The molecule has 0 fully saturated rings. The van der Waals surface area contributed by atoms with Crippen molar-refractivity contribution in [3.63, 3.8) is 0 Å². The minimum absolute atomic E-state index is 0. The zero-order valence-corrected chi connectivity index (χ0v) is 11.0. The van der Waals surface area contributed by atoms with E-state index in [-0.39, 0.29) is 12.4 Å². The van der Waals surface area contributed by atoms with Crippen molar-refractivity contribution in [3.8, 4) is 10.4 Å². The molecule has 88 valence electrons. The van der Waals surface area contributed by atoms with Gasteiger partial charge in [0.25, 0.3) is 0 Å². The van der Waals surface area contributed by atoms with E-state index in [4.69, 9.17) is 5.84 Å². The van der Waals surface area contributed by atoms with Crippen molar-refractivity contribution in [3.05, 3.63) is 29.2 Å². The molecule has 0 spiro atoms. The molecule has 0 aliphatic rings. The summed E-state index contributed by atoms with van der Waals surface area (Å²) >= 11 is 3.33. The van der Waals surface area contributed by atoms with E-state index >= 15 is 0 Å². The number of rotatable bonds is 2. The molecule has 3 N–H and O–H groups in total. The molecule has 3 rings (SSSR count). The normalized spacial score (nSPS) is 10.2. The highest BCUT2D eigenvalue weighted by atomic mass is 35.5. The first kappa shape index (κ1) is 12.3. The number of nitrogen functional groups attached to an aromatic ring is 1. The highest BCUT2D eigenvalue weighted by molar-refractivity contribution is 7.23. The molecule has 4 nitrogen and oxygen atoms in total. The number of nitrogens with one attached hydrogen (secondary N) is 1. The average molecular weight is 285 g/mol. The standard InChI is InChI=1S/C10H8N4S2.ClH/c11-14-10-9-7(12-5-13-10)3-8(16-9)6-1-2-15-4-6;/h1-5H,11H2,(H,12,13,14);1H. The second-order valence-electron chi connectivity index (χ2n) is 3.20. The van der Waals surface area contributed by atoms with Crippen molar-refractivity contribution in [1.82, 2.24) is 9.97 Å². The van der Waals surface area contributed by atoms with Crippen LogP contribution in [0.3, 0.4) is 0 Å². The van der Waals surface area contributed by atoms with E-state index in [0.717, 1.165) is 10.2 Å². The lowest BCUT2D eigenvalue weighted by Gasteiger charge is -1.97. The fourth-order valence-corrected chi connectivity index (χ4v) is 3.29. The molecule has 0 aromatic carbocycles. The van der Waals surface area contributed by atoms with E-state index in [9.17, 15) is 0 Å². The molecule has 3 aromatic heterocycles. The van der Waals surface area contributed by atoms with Crippen LogP contribution in [0.2, 0.25) is 0 Å². The highest BCUT2D eigenvalue weighted by Gasteiger charge is 2.09. The lowest BCUT2D eigenvalue weighted by molar-refractivity contribution is 1.19. The molecule has 3 aromatic rings. The maximum Gasteiger partial charge on any atom is 0.161 e. The Bertz CT molecular complexity index is 620. The number of nitrogens with two attached hydrogens (primary N) is 1. The van der Waals surface area contributed by atoms with Gasteiger partial charge in [0.05, 0.1) is 10.2 Å². The fraction of sp³-hybridized carbons (Fsp3) is 0. The summed E-state index contributed by atoms with van der Waals surface area (Å²) in [5, 5.41) is 4.18. The molecule has 17 heavy (non-hydrogen) atoms. The van der Waals surface area contributed by atoms with Gasteiger partial charge >= 0.3 is 0 Å². The lowest BCUT2D eigenvalue weighted by Crippen LogP contribution is -2.08. The molecular formula is C10H9ClN4S2. The maximum absolute atomic E-state index is 5.41. The second-order valence-corrected chi connectivity index (χ2v) is 5.04. The summed E-state index contributed by atoms with van der Waals surface area (Å²) in [5.74, 6) is 6.09. The number of halogens is 1. The van der Waals surface area contributed by atoms with Gasteiger partial charge < -0.3 is 5.43 Å². The van der Waals surface area contributed by atoms with Crippen LogP contribution in [0.5, 0.6) is 0 Å². The second kappa shape index (κ2) is 4.97. The molecular weight excluding hydrogens is 276 g/mol. The quantitative estimate of drug-likeness (QED) is 0.560. The number of hydrazine groups is 1. The van der Waals surface area contributed by atoms with Gasteiger partial charge in [-0.05, 0) is 22.9 Å². The van der Waals surface area contributed by atoms with Crippen molar-refractivity contribution in [2.75, 3.05) is 5.43 Å². The summed E-state index contributed by atoms with van der Waals surface area (Å²) in [6, 6.07) is 4.16. The topological polar surface area (TPSA) is 63.8 Å². The van der Waals surface area contributed by atoms with Crippen LogP contribution >= 0.6 is 35.1 Å². The molecule has 0 aliphatic carbocycles. The summed E-state index contributed by atoms with van der Waals surface area (Å²) in [7, 11) is 0. The molecule has 0 unspecified atom stereocenters. The number of anilines is 1. The number of fused-ring (bicyclic) bond motifs is 1. The summed E-state index contributed by atoms with van der Waals surface area (Å²) < 4.78 is 0.992. The van der Waals surface area contributed by atoms with Crippen molar-refractivity contribution in [2.24, 2.45) is 5.84 Å². The van der Waals surface area contributed by atoms with Crippen LogP contribution in [0.25, 0.3) is 20.7 Å². The Morgan fingerprint density at radius 2 is 2.18 bits per heavy atom. The maximum atomic E-state index is 5.41. The molecule has 0 bridgehead atoms. The summed E-state index contributed by atoms with van der Waals surface area (Å²) in [4.78, 5) is 9.50. The van der Waals surface area contributed by atoms with Gasteiger partial charge in [-0.1, -0.05) is 0 Å². The van der Waals surface area contributed by atoms with Crippen LogP contribution in [0.4, 0.5) is 5.82 Å². The number of thiophene rings is 2. The first-order chi connectivity index (χ1) is 7.88. The van der Waals surface area contributed by atoms with Gasteiger partial charge in [0.15, 0.2) is 5.82 Å².